The first kappa shape index (κ1) is 26.3. The summed E-state index contributed by atoms with van der Waals surface area (Å²) in [6.45, 7) is 0.381. The molecular formula is C29H29F2N5O3. The van der Waals surface area contributed by atoms with Crippen LogP contribution in [0.4, 0.5) is 13.6 Å². The number of nitrogens with zero attached hydrogens (tertiary/aromatic N) is 4. The van der Waals surface area contributed by atoms with Crippen molar-refractivity contribution in [3.05, 3.63) is 107 Å². The monoisotopic (exact) mass is 533 g/mol. The van der Waals surface area contributed by atoms with Crippen molar-refractivity contribution in [2.24, 2.45) is 0 Å². The van der Waals surface area contributed by atoms with Gasteiger partial charge in [0.25, 0.3) is 0 Å². The second-order valence-corrected chi connectivity index (χ2v) is 9.78. The lowest BCUT2D eigenvalue weighted by atomic mass is 9.98. The van der Waals surface area contributed by atoms with E-state index in [0.29, 0.717) is 0 Å². The predicted molar refractivity (Wildman–Crippen MR) is 139 cm³/mol. The molecule has 2 atom stereocenters. The third-order valence-electron chi connectivity index (χ3n) is 7.06. The molecule has 202 valence electrons. The molecule has 2 fully saturated rings. The average Bonchev–Trinajstić information content (AvgIpc) is 2.92. The quantitative estimate of drug-likeness (QED) is 0.529. The first-order valence-corrected chi connectivity index (χ1v) is 12.7. The second kappa shape index (κ2) is 11.2. The van der Waals surface area contributed by atoms with Gasteiger partial charge in [-0.05, 0) is 41.0 Å². The highest BCUT2D eigenvalue weighted by Crippen LogP contribution is 2.28. The molecule has 10 heteroatoms. The molecule has 0 unspecified atom stereocenters. The average molecular weight is 534 g/mol. The molecule has 3 aromatic carbocycles. The minimum absolute atomic E-state index is 0.0724. The van der Waals surface area contributed by atoms with Crippen LogP contribution in [0.1, 0.15) is 16.7 Å². The Morgan fingerprint density at radius 1 is 0.872 bits per heavy atom. The summed E-state index contributed by atoms with van der Waals surface area (Å²) in [6, 6.07) is 19.9. The van der Waals surface area contributed by atoms with Gasteiger partial charge >= 0.3 is 6.03 Å². The van der Waals surface area contributed by atoms with Crippen molar-refractivity contribution < 1.29 is 23.2 Å². The van der Waals surface area contributed by atoms with E-state index in [4.69, 9.17) is 0 Å². The molecular weight excluding hydrogens is 504 g/mol. The maximum atomic E-state index is 13.8. The zero-order valence-electron chi connectivity index (χ0n) is 21.5. The highest BCUT2D eigenvalue weighted by Gasteiger charge is 2.50. The number of hydrogen-bond donors (Lipinski definition) is 1. The Bertz CT molecular complexity index is 1340. The molecule has 0 aromatic heterocycles. The van der Waals surface area contributed by atoms with Crippen LogP contribution in [0.3, 0.4) is 0 Å². The molecule has 0 bridgehead atoms. The van der Waals surface area contributed by atoms with Crippen molar-refractivity contribution in [2.45, 2.75) is 31.7 Å². The molecule has 5 rings (SSSR count). The van der Waals surface area contributed by atoms with E-state index in [0.717, 1.165) is 16.7 Å². The Morgan fingerprint density at radius 3 is 2.13 bits per heavy atom. The SMILES string of the molecule is CN1CC(=O)N2[C@@H](Cc3ccccc3)C(=O)N(Cc3ccc(F)cc3)C[C@@H]2N1C(=O)NCc1ccc(F)cc1. The third-order valence-corrected chi connectivity index (χ3v) is 7.06. The van der Waals surface area contributed by atoms with Gasteiger partial charge in [0.1, 0.15) is 23.8 Å². The van der Waals surface area contributed by atoms with Crippen LogP contribution in [0.2, 0.25) is 0 Å². The molecule has 3 aromatic rings. The summed E-state index contributed by atoms with van der Waals surface area (Å²) in [7, 11) is 1.65. The summed E-state index contributed by atoms with van der Waals surface area (Å²) in [4.78, 5) is 43.8. The molecule has 0 saturated carbocycles. The summed E-state index contributed by atoms with van der Waals surface area (Å²) < 4.78 is 26.8. The van der Waals surface area contributed by atoms with Gasteiger partial charge in [-0.2, -0.15) is 0 Å². The fourth-order valence-electron chi connectivity index (χ4n) is 5.16. The van der Waals surface area contributed by atoms with Gasteiger partial charge in [-0.3, -0.25) is 9.59 Å². The smallest absolute Gasteiger partial charge is 0.333 e. The van der Waals surface area contributed by atoms with Gasteiger partial charge in [0, 0.05) is 26.6 Å². The van der Waals surface area contributed by atoms with Crippen molar-refractivity contribution in [1.29, 1.82) is 0 Å². The van der Waals surface area contributed by atoms with Gasteiger partial charge in [0.2, 0.25) is 11.8 Å². The lowest BCUT2D eigenvalue weighted by Crippen LogP contribution is -2.76. The number of rotatable bonds is 6. The van der Waals surface area contributed by atoms with E-state index in [1.165, 1.54) is 34.2 Å². The van der Waals surface area contributed by atoms with Gasteiger partial charge < -0.3 is 15.1 Å². The Labute approximate surface area is 225 Å². The van der Waals surface area contributed by atoms with Gasteiger partial charge in [-0.1, -0.05) is 54.6 Å². The van der Waals surface area contributed by atoms with Crippen molar-refractivity contribution in [3.8, 4) is 0 Å². The molecule has 4 amide bonds. The standard InChI is InChI=1S/C29H29F2N5O3/c1-33-19-27(37)35-25(15-20-5-3-2-4-6-20)28(38)34(17-22-9-13-24(31)14-10-22)18-26(35)36(33)29(39)32-16-21-7-11-23(30)12-8-21/h2-14,25-26H,15-19H2,1H3,(H,32,39)/t25-,26-/m0/s1. The topological polar surface area (TPSA) is 76.2 Å². The minimum atomic E-state index is -0.819. The largest absolute Gasteiger partial charge is 0.334 e. The number of benzene rings is 3. The molecule has 0 aliphatic carbocycles. The molecule has 0 spiro atoms. The number of urea groups is 1. The van der Waals surface area contributed by atoms with E-state index in [2.05, 4.69) is 5.32 Å². The minimum Gasteiger partial charge on any atom is -0.333 e. The third kappa shape index (κ3) is 5.75. The van der Waals surface area contributed by atoms with Crippen LogP contribution >= 0.6 is 0 Å². The maximum absolute atomic E-state index is 13.8. The number of fused-ring (bicyclic) bond motifs is 1. The molecule has 2 heterocycles. The van der Waals surface area contributed by atoms with E-state index >= 15 is 0 Å². The highest BCUT2D eigenvalue weighted by atomic mass is 19.1. The van der Waals surface area contributed by atoms with Crippen LogP contribution in [0, 0.1) is 11.6 Å². The van der Waals surface area contributed by atoms with Crippen molar-refractivity contribution in [2.75, 3.05) is 20.1 Å². The number of amides is 4. The van der Waals surface area contributed by atoms with Gasteiger partial charge in [0.15, 0.2) is 0 Å². The molecule has 0 radical (unpaired) electrons. The number of hydrazine groups is 1. The Hall–Kier alpha value is -4.31. The normalized spacial score (nSPS) is 19.7. The van der Waals surface area contributed by atoms with Crippen molar-refractivity contribution >= 4 is 17.8 Å². The van der Waals surface area contributed by atoms with E-state index < -0.39 is 18.2 Å². The van der Waals surface area contributed by atoms with Crippen LogP contribution in [0.25, 0.3) is 0 Å². The number of likely N-dealkylation sites (N-methyl/N-ethyl adjacent to an activating group) is 1. The number of carbonyl (C=O) groups is 3. The van der Waals surface area contributed by atoms with Crippen LogP contribution < -0.4 is 5.32 Å². The summed E-state index contributed by atoms with van der Waals surface area (Å²) in [5.41, 5.74) is 2.34. The van der Waals surface area contributed by atoms with Crippen LogP contribution in [-0.4, -0.2) is 70.0 Å². The summed E-state index contributed by atoms with van der Waals surface area (Å²) in [6.07, 6.45) is -0.465. The number of piperazine rings is 1. The lowest BCUT2D eigenvalue weighted by Gasteiger charge is -2.54. The first-order valence-electron chi connectivity index (χ1n) is 12.7. The van der Waals surface area contributed by atoms with E-state index in [1.807, 2.05) is 30.3 Å². The zero-order valence-corrected chi connectivity index (χ0v) is 21.5. The fourth-order valence-corrected chi connectivity index (χ4v) is 5.16. The Morgan fingerprint density at radius 2 is 1.49 bits per heavy atom. The molecule has 2 saturated heterocycles. The molecule has 2 aliphatic heterocycles. The number of nitrogens with one attached hydrogen (secondary N) is 1. The van der Waals surface area contributed by atoms with Crippen LogP contribution in [0.15, 0.2) is 78.9 Å². The molecule has 2 aliphatic rings. The summed E-state index contributed by atoms with van der Waals surface area (Å²) in [5, 5.41) is 5.87. The van der Waals surface area contributed by atoms with Gasteiger partial charge in [0.05, 0.1) is 13.1 Å². The maximum Gasteiger partial charge on any atom is 0.334 e. The van der Waals surface area contributed by atoms with E-state index in [1.54, 1.807) is 41.2 Å². The number of halogens is 2. The molecule has 8 nitrogen and oxygen atoms in total. The zero-order chi connectivity index (χ0) is 27.5. The predicted octanol–water partition coefficient (Wildman–Crippen LogP) is 3.15. The van der Waals surface area contributed by atoms with Crippen molar-refractivity contribution in [1.82, 2.24) is 25.1 Å². The second-order valence-electron chi connectivity index (χ2n) is 9.78. The summed E-state index contributed by atoms with van der Waals surface area (Å²) in [5.74, 6) is -1.22. The van der Waals surface area contributed by atoms with Gasteiger partial charge in [-0.25, -0.2) is 23.6 Å². The number of carbonyl (C=O) groups excluding carboxylic acids is 3. The van der Waals surface area contributed by atoms with E-state index in [9.17, 15) is 23.2 Å². The van der Waals surface area contributed by atoms with Crippen LogP contribution in [0.5, 0.6) is 0 Å². The number of hydrogen-bond acceptors (Lipinski definition) is 4. The lowest BCUT2D eigenvalue weighted by molar-refractivity contribution is -0.187. The Balaban J connectivity index is 1.44. The first-order chi connectivity index (χ1) is 18.8. The van der Waals surface area contributed by atoms with Gasteiger partial charge in [-0.15, -0.1) is 0 Å². The Kier molecular flexibility index (Phi) is 7.56. The molecule has 1 N–H and O–H groups in total. The fraction of sp³-hybridized carbons (Fsp3) is 0.276. The van der Waals surface area contributed by atoms with Crippen molar-refractivity contribution in [3.63, 3.8) is 0 Å². The van der Waals surface area contributed by atoms with Crippen LogP contribution in [-0.2, 0) is 29.1 Å². The van der Waals surface area contributed by atoms with E-state index in [-0.39, 0.29) is 56.0 Å². The highest BCUT2D eigenvalue weighted by molar-refractivity contribution is 5.91. The summed E-state index contributed by atoms with van der Waals surface area (Å²) >= 11 is 0. The molecule has 39 heavy (non-hydrogen) atoms.